The van der Waals surface area contributed by atoms with Gasteiger partial charge in [0.1, 0.15) is 0 Å². The fourth-order valence-electron chi connectivity index (χ4n) is 3.69. The number of hydrogen-bond donors (Lipinski definition) is 2. The number of nitrogens with zero attached hydrogens (tertiary/aromatic N) is 1. The van der Waals surface area contributed by atoms with E-state index in [2.05, 4.69) is 41.4 Å². The molecule has 1 aliphatic heterocycles. The lowest BCUT2D eigenvalue weighted by molar-refractivity contribution is 0.253. The predicted molar refractivity (Wildman–Crippen MR) is 79.0 cm³/mol. The number of nitrogens with one attached hydrogen (secondary N) is 1. The van der Waals surface area contributed by atoms with Crippen LogP contribution in [-0.2, 0) is 0 Å². The van der Waals surface area contributed by atoms with E-state index >= 15 is 0 Å². The molecule has 104 valence electrons. The SMILES string of the molecule is CCN1CCCC1CNC1CC(N)c2ccccc21. The summed E-state index contributed by atoms with van der Waals surface area (Å²) in [6.07, 6.45) is 3.72. The molecular weight excluding hydrogens is 234 g/mol. The van der Waals surface area contributed by atoms with Crippen molar-refractivity contribution in [3.63, 3.8) is 0 Å². The highest BCUT2D eigenvalue weighted by Crippen LogP contribution is 2.37. The number of fused-ring (bicyclic) bond motifs is 1. The maximum absolute atomic E-state index is 6.22. The quantitative estimate of drug-likeness (QED) is 0.871. The first-order valence-corrected chi connectivity index (χ1v) is 7.61. The first kappa shape index (κ1) is 13.1. The minimum absolute atomic E-state index is 0.208. The molecule has 3 N–H and O–H groups in total. The molecule has 1 fully saturated rings. The van der Waals surface area contributed by atoms with Gasteiger partial charge in [-0.15, -0.1) is 0 Å². The third kappa shape index (κ3) is 2.55. The van der Waals surface area contributed by atoms with Crippen LogP contribution >= 0.6 is 0 Å². The Morgan fingerprint density at radius 1 is 1.32 bits per heavy atom. The zero-order valence-corrected chi connectivity index (χ0v) is 11.8. The summed E-state index contributed by atoms with van der Waals surface area (Å²) in [5.74, 6) is 0. The summed E-state index contributed by atoms with van der Waals surface area (Å²) in [6, 6.07) is 10.00. The van der Waals surface area contributed by atoms with Crippen LogP contribution in [0.2, 0.25) is 0 Å². The lowest BCUT2D eigenvalue weighted by atomic mass is 10.1. The second kappa shape index (κ2) is 5.61. The number of benzene rings is 1. The third-order valence-corrected chi connectivity index (χ3v) is 4.77. The fraction of sp³-hybridized carbons (Fsp3) is 0.625. The Balaban J connectivity index is 1.62. The molecule has 3 atom stereocenters. The molecule has 0 saturated carbocycles. The van der Waals surface area contributed by atoms with Gasteiger partial charge in [-0.3, -0.25) is 4.90 Å². The van der Waals surface area contributed by atoms with E-state index in [1.165, 1.54) is 37.1 Å². The summed E-state index contributed by atoms with van der Waals surface area (Å²) >= 11 is 0. The Kier molecular flexibility index (Phi) is 3.87. The highest BCUT2D eigenvalue weighted by molar-refractivity contribution is 5.37. The largest absolute Gasteiger partial charge is 0.324 e. The second-order valence-corrected chi connectivity index (χ2v) is 5.86. The van der Waals surface area contributed by atoms with E-state index in [0.717, 1.165) is 13.0 Å². The Hall–Kier alpha value is -0.900. The number of rotatable bonds is 4. The van der Waals surface area contributed by atoms with Gasteiger partial charge < -0.3 is 11.1 Å². The summed E-state index contributed by atoms with van der Waals surface area (Å²) in [5, 5.41) is 3.75. The molecule has 19 heavy (non-hydrogen) atoms. The molecule has 0 spiro atoms. The van der Waals surface area contributed by atoms with E-state index in [0.29, 0.717) is 12.1 Å². The van der Waals surface area contributed by atoms with Gasteiger partial charge in [0.15, 0.2) is 0 Å². The van der Waals surface area contributed by atoms with Gasteiger partial charge >= 0.3 is 0 Å². The minimum Gasteiger partial charge on any atom is -0.324 e. The summed E-state index contributed by atoms with van der Waals surface area (Å²) < 4.78 is 0. The first-order valence-electron chi connectivity index (χ1n) is 7.61. The van der Waals surface area contributed by atoms with Gasteiger partial charge in [0, 0.05) is 24.7 Å². The molecule has 0 radical (unpaired) electrons. The molecule has 0 bridgehead atoms. The number of likely N-dealkylation sites (tertiary alicyclic amines) is 1. The number of nitrogens with two attached hydrogens (primary N) is 1. The monoisotopic (exact) mass is 259 g/mol. The molecule has 3 unspecified atom stereocenters. The van der Waals surface area contributed by atoms with E-state index in [1.807, 2.05) is 0 Å². The van der Waals surface area contributed by atoms with Gasteiger partial charge in [0.25, 0.3) is 0 Å². The lowest BCUT2D eigenvalue weighted by Gasteiger charge is -2.25. The standard InChI is InChI=1S/C16H25N3/c1-2-19-9-5-6-12(19)11-18-16-10-15(17)13-7-3-4-8-14(13)16/h3-4,7-8,12,15-16,18H,2,5-6,9-11,17H2,1H3. The topological polar surface area (TPSA) is 41.3 Å². The van der Waals surface area contributed by atoms with Gasteiger partial charge in [-0.25, -0.2) is 0 Å². The Bertz CT molecular complexity index is 432. The zero-order chi connectivity index (χ0) is 13.2. The van der Waals surface area contributed by atoms with Gasteiger partial charge in [0.2, 0.25) is 0 Å². The number of likely N-dealkylation sites (N-methyl/N-ethyl adjacent to an activating group) is 1. The van der Waals surface area contributed by atoms with Gasteiger partial charge in [-0.05, 0) is 43.5 Å². The lowest BCUT2D eigenvalue weighted by Crippen LogP contribution is -2.38. The van der Waals surface area contributed by atoms with Crippen molar-refractivity contribution in [2.45, 2.75) is 44.3 Å². The zero-order valence-electron chi connectivity index (χ0n) is 11.8. The smallest absolute Gasteiger partial charge is 0.0342 e. The van der Waals surface area contributed by atoms with E-state index in [-0.39, 0.29) is 6.04 Å². The van der Waals surface area contributed by atoms with Crippen molar-refractivity contribution in [2.24, 2.45) is 5.73 Å². The van der Waals surface area contributed by atoms with Crippen LogP contribution in [0.25, 0.3) is 0 Å². The minimum atomic E-state index is 0.208. The Labute approximate surface area is 116 Å². The average molecular weight is 259 g/mol. The van der Waals surface area contributed by atoms with E-state index < -0.39 is 0 Å². The van der Waals surface area contributed by atoms with Crippen LogP contribution in [0, 0.1) is 0 Å². The summed E-state index contributed by atoms with van der Waals surface area (Å²) in [6.45, 7) is 5.80. The second-order valence-electron chi connectivity index (χ2n) is 5.86. The summed E-state index contributed by atoms with van der Waals surface area (Å²) in [7, 11) is 0. The highest BCUT2D eigenvalue weighted by atomic mass is 15.2. The molecule has 2 aliphatic rings. The molecule has 1 aromatic rings. The van der Waals surface area contributed by atoms with E-state index in [9.17, 15) is 0 Å². The van der Waals surface area contributed by atoms with Crippen molar-refractivity contribution < 1.29 is 0 Å². The molecule has 0 aromatic heterocycles. The molecule has 1 heterocycles. The highest BCUT2D eigenvalue weighted by Gasteiger charge is 2.29. The van der Waals surface area contributed by atoms with Crippen molar-refractivity contribution in [3.05, 3.63) is 35.4 Å². The van der Waals surface area contributed by atoms with Crippen molar-refractivity contribution in [3.8, 4) is 0 Å². The number of hydrogen-bond acceptors (Lipinski definition) is 3. The molecule has 3 nitrogen and oxygen atoms in total. The van der Waals surface area contributed by atoms with Crippen molar-refractivity contribution >= 4 is 0 Å². The summed E-state index contributed by atoms with van der Waals surface area (Å²) in [5.41, 5.74) is 8.97. The first-order chi connectivity index (χ1) is 9.29. The van der Waals surface area contributed by atoms with Crippen molar-refractivity contribution in [1.82, 2.24) is 10.2 Å². The predicted octanol–water partition coefficient (Wildman–Crippen LogP) is 2.21. The van der Waals surface area contributed by atoms with Crippen LogP contribution in [0.3, 0.4) is 0 Å². The van der Waals surface area contributed by atoms with Crippen LogP contribution in [0.5, 0.6) is 0 Å². The maximum atomic E-state index is 6.22. The molecular formula is C16H25N3. The maximum Gasteiger partial charge on any atom is 0.0342 e. The van der Waals surface area contributed by atoms with Crippen LogP contribution < -0.4 is 11.1 Å². The van der Waals surface area contributed by atoms with E-state index in [4.69, 9.17) is 5.73 Å². The molecule has 1 saturated heterocycles. The van der Waals surface area contributed by atoms with Crippen molar-refractivity contribution in [1.29, 1.82) is 0 Å². The average Bonchev–Trinajstić information content (AvgIpc) is 3.02. The summed E-state index contributed by atoms with van der Waals surface area (Å²) in [4.78, 5) is 2.59. The third-order valence-electron chi connectivity index (χ3n) is 4.77. The van der Waals surface area contributed by atoms with Gasteiger partial charge in [-0.2, -0.15) is 0 Å². The molecule has 3 rings (SSSR count). The normalized spacial score (nSPS) is 30.7. The van der Waals surface area contributed by atoms with Gasteiger partial charge in [0.05, 0.1) is 0 Å². The Morgan fingerprint density at radius 3 is 2.89 bits per heavy atom. The van der Waals surface area contributed by atoms with E-state index in [1.54, 1.807) is 0 Å². The van der Waals surface area contributed by atoms with Gasteiger partial charge in [-0.1, -0.05) is 31.2 Å². The van der Waals surface area contributed by atoms with Crippen molar-refractivity contribution in [2.75, 3.05) is 19.6 Å². The molecule has 0 amide bonds. The molecule has 3 heteroatoms. The molecule has 1 aliphatic carbocycles. The van der Waals surface area contributed by atoms with Crippen LogP contribution in [0.4, 0.5) is 0 Å². The van der Waals surface area contributed by atoms with Crippen LogP contribution in [0.1, 0.15) is 49.4 Å². The fourth-order valence-corrected chi connectivity index (χ4v) is 3.69. The Morgan fingerprint density at radius 2 is 2.11 bits per heavy atom. The molecule has 1 aromatic carbocycles. The van der Waals surface area contributed by atoms with Crippen LogP contribution in [0.15, 0.2) is 24.3 Å². The van der Waals surface area contributed by atoms with Crippen LogP contribution in [-0.4, -0.2) is 30.6 Å².